The molecule has 0 aliphatic heterocycles. The molecule has 226 valence electrons. The van der Waals surface area contributed by atoms with Gasteiger partial charge in [-0.05, 0) is 80.4 Å². The number of rotatable bonds is 13. The number of hydrogen-bond acceptors (Lipinski definition) is 5. The molecule has 0 aromatic heterocycles. The Kier molecular flexibility index (Phi) is 11.9. The molecule has 2 amide bonds. The highest BCUT2D eigenvalue weighted by Gasteiger charge is 2.34. The van der Waals surface area contributed by atoms with Crippen LogP contribution in [0.1, 0.15) is 39.2 Å². The van der Waals surface area contributed by atoms with Gasteiger partial charge in [-0.2, -0.15) is 0 Å². The zero-order valence-corrected chi connectivity index (χ0v) is 26.9. The molecule has 3 aromatic carbocycles. The van der Waals surface area contributed by atoms with Gasteiger partial charge < -0.3 is 15.0 Å². The molecule has 0 spiro atoms. The Morgan fingerprint density at radius 3 is 2.02 bits per heavy atom. The van der Waals surface area contributed by atoms with Crippen LogP contribution in [0.4, 0.5) is 5.69 Å². The zero-order chi connectivity index (χ0) is 31.0. The van der Waals surface area contributed by atoms with Crippen LogP contribution in [-0.2, 0) is 26.2 Å². The SMILES string of the molecule is CC[C@H](C)NC(=O)[C@H](CC)N(Cc1c(Cl)cccc1Cl)C(=O)CN(c1ccc(Cl)cc1)S(=O)(=O)c1ccc(OC)cc1. The molecule has 12 heteroatoms. The quantitative estimate of drug-likeness (QED) is 0.225. The van der Waals surface area contributed by atoms with E-state index in [2.05, 4.69) is 5.32 Å². The van der Waals surface area contributed by atoms with Crippen molar-refractivity contribution in [2.45, 2.75) is 57.1 Å². The van der Waals surface area contributed by atoms with E-state index in [1.165, 1.54) is 60.5 Å². The lowest BCUT2D eigenvalue weighted by Crippen LogP contribution is -2.53. The summed E-state index contributed by atoms with van der Waals surface area (Å²) in [6.45, 7) is 4.87. The zero-order valence-electron chi connectivity index (χ0n) is 23.8. The molecule has 0 aliphatic rings. The van der Waals surface area contributed by atoms with Crippen LogP contribution in [0.15, 0.2) is 71.6 Å². The van der Waals surface area contributed by atoms with Crippen LogP contribution >= 0.6 is 34.8 Å². The van der Waals surface area contributed by atoms with Crippen molar-refractivity contribution in [3.05, 3.63) is 87.4 Å². The standard InChI is InChI=1S/C30H34Cl3N3O5S/c1-5-20(3)34-30(38)28(6-2)35(18-25-26(32)8-7-9-27(25)33)29(37)19-36(22-12-10-21(31)11-13-22)42(39,40)24-16-14-23(41-4)15-17-24/h7-17,20,28H,5-6,18-19H2,1-4H3,(H,34,38)/t20-,28-/m0/s1. The van der Waals surface area contributed by atoms with Crippen LogP contribution in [0.25, 0.3) is 0 Å². The van der Waals surface area contributed by atoms with Crippen LogP contribution in [0.2, 0.25) is 15.1 Å². The molecule has 1 N–H and O–H groups in total. The number of ether oxygens (including phenoxy) is 1. The van der Waals surface area contributed by atoms with E-state index in [1.807, 2.05) is 13.8 Å². The van der Waals surface area contributed by atoms with Gasteiger partial charge in [0.2, 0.25) is 11.8 Å². The normalized spacial score (nSPS) is 12.7. The van der Waals surface area contributed by atoms with Gasteiger partial charge in [0.1, 0.15) is 18.3 Å². The molecular formula is C30H34Cl3N3O5S. The van der Waals surface area contributed by atoms with Crippen LogP contribution < -0.4 is 14.4 Å². The number of sulfonamides is 1. The summed E-state index contributed by atoms with van der Waals surface area (Å²) in [5.41, 5.74) is 0.663. The van der Waals surface area contributed by atoms with Crippen molar-refractivity contribution in [1.29, 1.82) is 0 Å². The second-order valence-electron chi connectivity index (χ2n) is 9.63. The Balaban J connectivity index is 2.09. The molecule has 0 unspecified atom stereocenters. The molecular weight excluding hydrogens is 621 g/mol. The van der Waals surface area contributed by atoms with Crippen molar-refractivity contribution in [3.63, 3.8) is 0 Å². The van der Waals surface area contributed by atoms with Crippen molar-refractivity contribution in [3.8, 4) is 5.75 Å². The van der Waals surface area contributed by atoms with Crippen LogP contribution in [0.3, 0.4) is 0 Å². The van der Waals surface area contributed by atoms with Gasteiger partial charge in [0.25, 0.3) is 10.0 Å². The van der Waals surface area contributed by atoms with Crippen molar-refractivity contribution in [1.82, 2.24) is 10.2 Å². The predicted molar refractivity (Wildman–Crippen MR) is 168 cm³/mol. The van der Waals surface area contributed by atoms with Crippen LogP contribution in [0, 0.1) is 0 Å². The molecule has 3 aromatic rings. The van der Waals surface area contributed by atoms with Crippen molar-refractivity contribution in [2.75, 3.05) is 18.0 Å². The van der Waals surface area contributed by atoms with Crippen LogP contribution in [-0.4, -0.2) is 50.9 Å². The average Bonchev–Trinajstić information content (AvgIpc) is 2.97. The van der Waals surface area contributed by atoms with Gasteiger partial charge in [-0.1, -0.05) is 54.7 Å². The molecule has 3 rings (SSSR count). The Labute approximate surface area is 262 Å². The summed E-state index contributed by atoms with van der Waals surface area (Å²) >= 11 is 19.0. The fourth-order valence-electron chi connectivity index (χ4n) is 4.23. The Hall–Kier alpha value is -2.98. The number of methoxy groups -OCH3 is 1. The predicted octanol–water partition coefficient (Wildman–Crippen LogP) is 6.57. The first-order valence-corrected chi connectivity index (χ1v) is 15.9. The summed E-state index contributed by atoms with van der Waals surface area (Å²) < 4.78 is 34.1. The van der Waals surface area contributed by atoms with Gasteiger partial charge in [0.05, 0.1) is 17.7 Å². The third-order valence-corrected chi connectivity index (χ3v) is 9.57. The van der Waals surface area contributed by atoms with Crippen molar-refractivity contribution >= 4 is 62.3 Å². The molecule has 0 bridgehead atoms. The number of nitrogens with zero attached hydrogens (tertiary/aromatic N) is 2. The number of halogens is 3. The lowest BCUT2D eigenvalue weighted by molar-refractivity contribution is -0.140. The highest BCUT2D eigenvalue weighted by Crippen LogP contribution is 2.29. The van der Waals surface area contributed by atoms with Gasteiger partial charge in [-0.15, -0.1) is 0 Å². The van der Waals surface area contributed by atoms with Crippen molar-refractivity contribution < 1.29 is 22.7 Å². The minimum Gasteiger partial charge on any atom is -0.497 e. The average molecular weight is 655 g/mol. The molecule has 0 radical (unpaired) electrons. The second-order valence-corrected chi connectivity index (χ2v) is 12.7. The van der Waals surface area contributed by atoms with E-state index in [9.17, 15) is 18.0 Å². The van der Waals surface area contributed by atoms with E-state index in [0.717, 1.165) is 4.31 Å². The van der Waals surface area contributed by atoms with Gasteiger partial charge in [-0.25, -0.2) is 8.42 Å². The summed E-state index contributed by atoms with van der Waals surface area (Å²) in [6, 6.07) is 15.8. The van der Waals surface area contributed by atoms with Crippen molar-refractivity contribution in [2.24, 2.45) is 0 Å². The van der Waals surface area contributed by atoms with E-state index in [0.29, 0.717) is 32.8 Å². The third-order valence-electron chi connectivity index (χ3n) is 6.82. The van der Waals surface area contributed by atoms with E-state index in [1.54, 1.807) is 25.1 Å². The largest absolute Gasteiger partial charge is 0.497 e. The summed E-state index contributed by atoms with van der Waals surface area (Å²) in [5, 5.41) is 3.96. The fourth-order valence-corrected chi connectivity index (χ4v) is 6.28. The topological polar surface area (TPSA) is 96.0 Å². The third kappa shape index (κ3) is 8.10. The van der Waals surface area contributed by atoms with E-state index >= 15 is 0 Å². The molecule has 2 atom stereocenters. The maximum Gasteiger partial charge on any atom is 0.264 e. The highest BCUT2D eigenvalue weighted by molar-refractivity contribution is 7.92. The highest BCUT2D eigenvalue weighted by atomic mass is 35.5. The molecule has 0 heterocycles. The number of anilines is 1. The molecule has 42 heavy (non-hydrogen) atoms. The Morgan fingerprint density at radius 1 is 0.905 bits per heavy atom. The smallest absolute Gasteiger partial charge is 0.264 e. The number of carbonyl (C=O) groups excluding carboxylic acids is 2. The fraction of sp³-hybridized carbons (Fsp3) is 0.333. The van der Waals surface area contributed by atoms with Gasteiger partial charge in [-0.3, -0.25) is 13.9 Å². The summed E-state index contributed by atoms with van der Waals surface area (Å²) in [6.07, 6.45) is 0.958. The second kappa shape index (κ2) is 15.0. The monoisotopic (exact) mass is 653 g/mol. The van der Waals surface area contributed by atoms with Gasteiger partial charge >= 0.3 is 0 Å². The first-order chi connectivity index (χ1) is 19.9. The molecule has 0 fully saturated rings. The molecule has 0 aliphatic carbocycles. The maximum atomic E-state index is 14.2. The summed E-state index contributed by atoms with van der Waals surface area (Å²) in [7, 11) is -2.78. The van der Waals surface area contributed by atoms with Gasteiger partial charge in [0.15, 0.2) is 0 Å². The number of nitrogens with one attached hydrogen (secondary N) is 1. The number of amides is 2. The minimum atomic E-state index is -4.25. The first-order valence-electron chi connectivity index (χ1n) is 13.4. The van der Waals surface area contributed by atoms with Crippen LogP contribution in [0.5, 0.6) is 5.75 Å². The number of hydrogen-bond donors (Lipinski definition) is 1. The molecule has 0 saturated heterocycles. The van der Waals surface area contributed by atoms with E-state index < -0.39 is 28.5 Å². The summed E-state index contributed by atoms with van der Waals surface area (Å²) in [4.78, 5) is 28.8. The minimum absolute atomic E-state index is 0.0479. The van der Waals surface area contributed by atoms with E-state index in [4.69, 9.17) is 39.5 Å². The number of carbonyl (C=O) groups is 2. The Bertz CT molecular complexity index is 1460. The van der Waals surface area contributed by atoms with E-state index in [-0.39, 0.29) is 35.5 Å². The van der Waals surface area contributed by atoms with Gasteiger partial charge in [0, 0.05) is 33.2 Å². The molecule has 0 saturated carbocycles. The Morgan fingerprint density at radius 2 is 1.50 bits per heavy atom. The molecule has 8 nitrogen and oxygen atoms in total. The maximum absolute atomic E-state index is 14.2. The lowest BCUT2D eigenvalue weighted by Gasteiger charge is -2.34. The first kappa shape index (κ1) is 33.5. The summed E-state index contributed by atoms with van der Waals surface area (Å²) in [5.74, 6) is -0.507. The number of benzene rings is 3. The lowest BCUT2D eigenvalue weighted by atomic mass is 10.1.